The minimum Gasteiger partial charge on any atom is -0.326 e. The quantitative estimate of drug-likeness (QED) is 0.729. The normalized spacial score (nSPS) is 33.5. The van der Waals surface area contributed by atoms with Crippen molar-refractivity contribution in [2.75, 3.05) is 6.54 Å². The maximum absolute atomic E-state index is 12.5. The third-order valence-corrected chi connectivity index (χ3v) is 5.65. The zero-order chi connectivity index (χ0) is 13.2. The summed E-state index contributed by atoms with van der Waals surface area (Å²) in [5.41, 5.74) is 0. The molecule has 0 aromatic heterocycles. The summed E-state index contributed by atoms with van der Waals surface area (Å²) in [6.45, 7) is 0.296. The van der Waals surface area contributed by atoms with Gasteiger partial charge in [0, 0.05) is 12.5 Å². The number of nitriles is 1. The molecule has 1 amide bonds. The summed E-state index contributed by atoms with van der Waals surface area (Å²) in [5.74, 6) is 2.58. The van der Waals surface area contributed by atoms with Crippen molar-refractivity contribution in [3.05, 3.63) is 0 Å². The molecule has 3 fully saturated rings. The molecule has 2 bridgehead atoms. The van der Waals surface area contributed by atoms with Crippen LogP contribution in [0.5, 0.6) is 0 Å². The summed E-state index contributed by atoms with van der Waals surface area (Å²) >= 11 is 0. The average molecular weight is 260 g/mol. The smallest absolute Gasteiger partial charge is 0.223 e. The van der Waals surface area contributed by atoms with Crippen LogP contribution in [0.2, 0.25) is 0 Å². The fraction of sp³-hybridized carbons (Fsp3) is 0.875. The van der Waals surface area contributed by atoms with E-state index >= 15 is 0 Å². The first-order valence-electron chi connectivity index (χ1n) is 7.94. The SMILES string of the molecule is N#CCN(C(=O)CC1CC2CCC1C2)C1CCCC1. The molecule has 3 atom stereocenters. The number of nitrogens with zero attached hydrogens (tertiary/aromatic N) is 2. The van der Waals surface area contributed by atoms with Crippen LogP contribution in [-0.4, -0.2) is 23.4 Å². The third kappa shape index (κ3) is 2.63. The molecule has 0 spiro atoms. The first-order chi connectivity index (χ1) is 9.28. The number of rotatable bonds is 4. The van der Waals surface area contributed by atoms with Crippen LogP contribution in [0.4, 0.5) is 0 Å². The molecule has 0 radical (unpaired) electrons. The van der Waals surface area contributed by atoms with E-state index in [4.69, 9.17) is 5.26 Å². The number of fused-ring (bicyclic) bond motifs is 2. The molecule has 0 N–H and O–H groups in total. The molecule has 3 saturated carbocycles. The van der Waals surface area contributed by atoms with Crippen LogP contribution in [0.25, 0.3) is 0 Å². The van der Waals surface area contributed by atoms with Gasteiger partial charge < -0.3 is 4.90 Å². The average Bonchev–Trinajstić information content (AvgIpc) is 3.12. The Morgan fingerprint density at radius 3 is 2.53 bits per heavy atom. The zero-order valence-corrected chi connectivity index (χ0v) is 11.7. The van der Waals surface area contributed by atoms with Gasteiger partial charge in [0.25, 0.3) is 0 Å². The molecule has 0 aliphatic heterocycles. The number of hydrogen-bond donors (Lipinski definition) is 0. The van der Waals surface area contributed by atoms with Crippen molar-refractivity contribution >= 4 is 5.91 Å². The van der Waals surface area contributed by atoms with Crippen molar-refractivity contribution in [3.8, 4) is 6.07 Å². The van der Waals surface area contributed by atoms with Crippen molar-refractivity contribution in [2.24, 2.45) is 17.8 Å². The van der Waals surface area contributed by atoms with E-state index in [0.717, 1.165) is 24.7 Å². The van der Waals surface area contributed by atoms with Crippen molar-refractivity contribution in [3.63, 3.8) is 0 Å². The Balaban J connectivity index is 1.59. The van der Waals surface area contributed by atoms with Gasteiger partial charge in [-0.15, -0.1) is 0 Å². The molecular formula is C16H24N2O. The van der Waals surface area contributed by atoms with Gasteiger partial charge in [0.1, 0.15) is 6.54 Å². The van der Waals surface area contributed by atoms with Gasteiger partial charge in [0.15, 0.2) is 0 Å². The Morgan fingerprint density at radius 1 is 1.16 bits per heavy atom. The van der Waals surface area contributed by atoms with Crippen LogP contribution < -0.4 is 0 Å². The second kappa shape index (κ2) is 5.53. The topological polar surface area (TPSA) is 44.1 Å². The van der Waals surface area contributed by atoms with Gasteiger partial charge in [0.05, 0.1) is 6.07 Å². The summed E-state index contributed by atoms with van der Waals surface area (Å²) in [6, 6.07) is 2.54. The third-order valence-electron chi connectivity index (χ3n) is 5.65. The van der Waals surface area contributed by atoms with Crippen molar-refractivity contribution in [1.29, 1.82) is 5.26 Å². The molecule has 3 aliphatic carbocycles. The first kappa shape index (κ1) is 13.0. The number of amides is 1. The molecule has 3 aliphatic rings. The Morgan fingerprint density at radius 2 is 1.95 bits per heavy atom. The van der Waals surface area contributed by atoms with Crippen molar-refractivity contribution < 1.29 is 4.79 Å². The van der Waals surface area contributed by atoms with Crippen LogP contribution in [-0.2, 0) is 4.79 Å². The van der Waals surface area contributed by atoms with E-state index in [2.05, 4.69) is 6.07 Å². The summed E-state index contributed by atoms with van der Waals surface area (Å²) < 4.78 is 0. The Labute approximate surface area is 116 Å². The van der Waals surface area contributed by atoms with Gasteiger partial charge in [-0.05, 0) is 49.9 Å². The fourth-order valence-electron chi connectivity index (χ4n) is 4.68. The van der Waals surface area contributed by atoms with Crippen LogP contribution in [0, 0.1) is 29.1 Å². The van der Waals surface area contributed by atoms with E-state index in [9.17, 15) is 4.79 Å². The second-order valence-corrected chi connectivity index (χ2v) is 6.76. The molecule has 19 heavy (non-hydrogen) atoms. The molecule has 0 heterocycles. The lowest BCUT2D eigenvalue weighted by molar-refractivity contribution is -0.134. The maximum Gasteiger partial charge on any atom is 0.223 e. The van der Waals surface area contributed by atoms with Crippen LogP contribution in [0.1, 0.15) is 57.8 Å². The molecule has 104 valence electrons. The Hall–Kier alpha value is -1.04. The van der Waals surface area contributed by atoms with Gasteiger partial charge in [-0.1, -0.05) is 19.3 Å². The second-order valence-electron chi connectivity index (χ2n) is 6.76. The highest BCUT2D eigenvalue weighted by atomic mass is 16.2. The van der Waals surface area contributed by atoms with Crippen LogP contribution in [0.3, 0.4) is 0 Å². The van der Waals surface area contributed by atoms with E-state index in [1.165, 1.54) is 38.5 Å². The van der Waals surface area contributed by atoms with Crippen molar-refractivity contribution in [1.82, 2.24) is 4.90 Å². The molecule has 3 heteroatoms. The number of carbonyl (C=O) groups excluding carboxylic acids is 1. The monoisotopic (exact) mass is 260 g/mol. The van der Waals surface area contributed by atoms with Gasteiger partial charge in [-0.2, -0.15) is 5.26 Å². The van der Waals surface area contributed by atoms with E-state index in [-0.39, 0.29) is 5.91 Å². The minimum absolute atomic E-state index is 0.256. The lowest BCUT2D eigenvalue weighted by Crippen LogP contribution is -2.40. The Bertz CT molecular complexity index is 381. The van der Waals surface area contributed by atoms with Crippen LogP contribution in [0.15, 0.2) is 0 Å². The van der Waals surface area contributed by atoms with Gasteiger partial charge in [0.2, 0.25) is 5.91 Å². The zero-order valence-electron chi connectivity index (χ0n) is 11.7. The van der Waals surface area contributed by atoms with E-state index in [0.29, 0.717) is 24.9 Å². The molecule has 3 unspecified atom stereocenters. The summed E-state index contributed by atoms with van der Waals surface area (Å²) in [7, 11) is 0. The minimum atomic E-state index is 0.256. The van der Waals surface area contributed by atoms with E-state index < -0.39 is 0 Å². The number of carbonyl (C=O) groups is 1. The highest BCUT2D eigenvalue weighted by molar-refractivity contribution is 5.77. The van der Waals surface area contributed by atoms with E-state index in [1.54, 1.807) is 0 Å². The highest BCUT2D eigenvalue weighted by Crippen LogP contribution is 2.49. The summed E-state index contributed by atoms with van der Waals surface area (Å²) in [4.78, 5) is 14.4. The Kier molecular flexibility index (Phi) is 3.77. The lowest BCUT2D eigenvalue weighted by Gasteiger charge is -2.29. The summed E-state index contributed by atoms with van der Waals surface area (Å²) in [5, 5.41) is 8.97. The van der Waals surface area contributed by atoms with Crippen LogP contribution >= 0.6 is 0 Å². The van der Waals surface area contributed by atoms with Gasteiger partial charge >= 0.3 is 0 Å². The molecule has 3 rings (SSSR count). The highest BCUT2D eigenvalue weighted by Gasteiger charge is 2.41. The predicted octanol–water partition coefficient (Wildman–Crippen LogP) is 3.11. The maximum atomic E-state index is 12.5. The first-order valence-corrected chi connectivity index (χ1v) is 7.94. The standard InChI is InChI=1S/C16H24N2O/c17-7-8-18(15-3-1-2-4-15)16(19)11-14-10-12-5-6-13(14)9-12/h12-15H,1-6,8-11H2. The molecule has 0 aromatic carbocycles. The molecule has 0 saturated heterocycles. The molecular weight excluding hydrogens is 236 g/mol. The van der Waals surface area contributed by atoms with Crippen molar-refractivity contribution in [2.45, 2.75) is 63.8 Å². The van der Waals surface area contributed by atoms with Gasteiger partial charge in [-0.25, -0.2) is 0 Å². The predicted molar refractivity (Wildman–Crippen MR) is 73.1 cm³/mol. The lowest BCUT2D eigenvalue weighted by atomic mass is 9.86. The van der Waals surface area contributed by atoms with E-state index in [1.807, 2.05) is 4.90 Å². The largest absolute Gasteiger partial charge is 0.326 e. The molecule has 3 nitrogen and oxygen atoms in total. The number of hydrogen-bond acceptors (Lipinski definition) is 2. The molecule has 0 aromatic rings. The van der Waals surface area contributed by atoms with Gasteiger partial charge in [-0.3, -0.25) is 4.79 Å². The summed E-state index contributed by atoms with van der Waals surface area (Å²) in [6.07, 6.45) is 10.7. The fourth-order valence-corrected chi connectivity index (χ4v) is 4.68.